The van der Waals surface area contributed by atoms with E-state index in [1.165, 1.54) is 18.4 Å². The van der Waals surface area contributed by atoms with E-state index in [2.05, 4.69) is 25.2 Å². The molecule has 1 saturated heterocycles. The van der Waals surface area contributed by atoms with Gasteiger partial charge in [0.15, 0.2) is 0 Å². The van der Waals surface area contributed by atoms with Crippen LogP contribution in [0.15, 0.2) is 23.8 Å². The van der Waals surface area contributed by atoms with Crippen LogP contribution in [0.25, 0.3) is 0 Å². The van der Waals surface area contributed by atoms with Gasteiger partial charge in [0, 0.05) is 5.41 Å². The minimum atomic E-state index is 0.344. The van der Waals surface area contributed by atoms with Crippen molar-refractivity contribution in [2.24, 2.45) is 5.41 Å². The van der Waals surface area contributed by atoms with Crippen molar-refractivity contribution in [2.45, 2.75) is 19.8 Å². The Bertz CT molecular complexity index is 209. The van der Waals surface area contributed by atoms with E-state index in [9.17, 15) is 0 Å². The molecule has 1 nitrogen and oxygen atoms in total. The number of allylic oxidation sites excluding steroid dienone is 3. The van der Waals surface area contributed by atoms with E-state index in [1.54, 1.807) is 0 Å². The van der Waals surface area contributed by atoms with Crippen molar-refractivity contribution in [3.8, 4) is 0 Å². The SMILES string of the molecule is CC1(C2=CCCC=C2)COC1. The second-order valence-corrected chi connectivity index (χ2v) is 3.69. The van der Waals surface area contributed by atoms with Gasteiger partial charge in [0.05, 0.1) is 13.2 Å². The lowest BCUT2D eigenvalue weighted by Crippen LogP contribution is -2.41. The third-order valence-electron chi connectivity index (χ3n) is 2.53. The highest BCUT2D eigenvalue weighted by molar-refractivity contribution is 5.30. The Morgan fingerprint density at radius 3 is 2.64 bits per heavy atom. The van der Waals surface area contributed by atoms with Crippen LogP contribution >= 0.6 is 0 Å². The third kappa shape index (κ3) is 1.14. The van der Waals surface area contributed by atoms with Crippen molar-refractivity contribution in [1.29, 1.82) is 0 Å². The van der Waals surface area contributed by atoms with Crippen molar-refractivity contribution in [3.63, 3.8) is 0 Å². The summed E-state index contributed by atoms with van der Waals surface area (Å²) in [6.45, 7) is 4.09. The molecule has 0 spiro atoms. The summed E-state index contributed by atoms with van der Waals surface area (Å²) in [6, 6.07) is 0. The van der Waals surface area contributed by atoms with Crippen LogP contribution in [0.5, 0.6) is 0 Å². The maximum Gasteiger partial charge on any atom is 0.0582 e. The van der Waals surface area contributed by atoms with Gasteiger partial charge < -0.3 is 4.74 Å². The van der Waals surface area contributed by atoms with Gasteiger partial charge in [-0.2, -0.15) is 0 Å². The molecule has 2 aliphatic rings. The van der Waals surface area contributed by atoms with Crippen LogP contribution in [0, 0.1) is 5.41 Å². The van der Waals surface area contributed by atoms with Crippen molar-refractivity contribution in [3.05, 3.63) is 23.8 Å². The molecule has 0 saturated carbocycles. The molecule has 0 atom stereocenters. The lowest BCUT2D eigenvalue weighted by molar-refractivity contribution is -0.0761. The zero-order valence-electron chi connectivity index (χ0n) is 6.97. The summed E-state index contributed by atoms with van der Waals surface area (Å²) in [5.74, 6) is 0. The molecule has 60 valence electrons. The first kappa shape index (κ1) is 7.11. The maximum atomic E-state index is 5.22. The highest BCUT2D eigenvalue weighted by Gasteiger charge is 2.35. The Kier molecular flexibility index (Phi) is 1.61. The lowest BCUT2D eigenvalue weighted by atomic mass is 9.78. The molecule has 0 unspecified atom stereocenters. The predicted octanol–water partition coefficient (Wildman–Crippen LogP) is 2.30. The summed E-state index contributed by atoms with van der Waals surface area (Å²) in [7, 11) is 0. The van der Waals surface area contributed by atoms with E-state index in [0.29, 0.717) is 5.41 Å². The van der Waals surface area contributed by atoms with E-state index in [0.717, 1.165) is 13.2 Å². The maximum absolute atomic E-state index is 5.22. The molecular weight excluding hydrogens is 136 g/mol. The summed E-state index contributed by atoms with van der Waals surface area (Å²) in [6.07, 6.45) is 9.29. The van der Waals surface area contributed by atoms with Gasteiger partial charge in [-0.1, -0.05) is 25.2 Å². The number of ether oxygens (including phenoxy) is 1. The third-order valence-corrected chi connectivity index (χ3v) is 2.53. The molecule has 1 aliphatic carbocycles. The Morgan fingerprint density at radius 1 is 1.36 bits per heavy atom. The number of hydrogen-bond donors (Lipinski definition) is 0. The summed E-state index contributed by atoms with van der Waals surface area (Å²) in [5.41, 5.74) is 1.83. The summed E-state index contributed by atoms with van der Waals surface area (Å²) in [4.78, 5) is 0. The fourth-order valence-corrected chi connectivity index (χ4v) is 1.64. The van der Waals surface area contributed by atoms with Gasteiger partial charge in [-0.3, -0.25) is 0 Å². The molecule has 2 rings (SSSR count). The lowest BCUT2D eigenvalue weighted by Gasteiger charge is -2.40. The monoisotopic (exact) mass is 150 g/mol. The fraction of sp³-hybridized carbons (Fsp3) is 0.600. The summed E-state index contributed by atoms with van der Waals surface area (Å²) < 4.78 is 5.22. The fourth-order valence-electron chi connectivity index (χ4n) is 1.64. The van der Waals surface area contributed by atoms with E-state index in [1.807, 2.05) is 0 Å². The van der Waals surface area contributed by atoms with Crippen LogP contribution in [0.2, 0.25) is 0 Å². The minimum Gasteiger partial charge on any atom is -0.379 e. The van der Waals surface area contributed by atoms with Gasteiger partial charge in [0.2, 0.25) is 0 Å². The normalized spacial score (nSPS) is 27.5. The van der Waals surface area contributed by atoms with Crippen LogP contribution in [0.4, 0.5) is 0 Å². The smallest absolute Gasteiger partial charge is 0.0582 e. The van der Waals surface area contributed by atoms with E-state index in [-0.39, 0.29) is 0 Å². The molecule has 0 amide bonds. The molecular formula is C10H14O. The Balaban J connectivity index is 2.14. The zero-order valence-corrected chi connectivity index (χ0v) is 6.97. The highest BCUT2D eigenvalue weighted by Crippen LogP contribution is 2.37. The van der Waals surface area contributed by atoms with Crippen LogP contribution in [0.1, 0.15) is 19.8 Å². The molecule has 0 aromatic carbocycles. The van der Waals surface area contributed by atoms with Gasteiger partial charge in [0.1, 0.15) is 0 Å². The minimum absolute atomic E-state index is 0.344. The molecule has 1 fully saturated rings. The van der Waals surface area contributed by atoms with E-state index < -0.39 is 0 Å². The first-order chi connectivity index (χ1) is 5.31. The van der Waals surface area contributed by atoms with E-state index in [4.69, 9.17) is 4.74 Å². The predicted molar refractivity (Wildman–Crippen MR) is 45.4 cm³/mol. The largest absolute Gasteiger partial charge is 0.379 e. The van der Waals surface area contributed by atoms with Gasteiger partial charge in [-0.15, -0.1) is 0 Å². The second kappa shape index (κ2) is 2.49. The molecule has 0 aromatic rings. The van der Waals surface area contributed by atoms with Gasteiger partial charge in [0.25, 0.3) is 0 Å². The van der Waals surface area contributed by atoms with Crippen LogP contribution in [-0.2, 0) is 4.74 Å². The zero-order chi connectivity index (χ0) is 7.73. The molecule has 0 aromatic heterocycles. The summed E-state index contributed by atoms with van der Waals surface area (Å²) in [5, 5.41) is 0. The number of rotatable bonds is 1. The van der Waals surface area contributed by atoms with Crippen LogP contribution in [-0.4, -0.2) is 13.2 Å². The molecule has 1 aliphatic heterocycles. The average Bonchev–Trinajstić information content (AvgIpc) is 2.02. The van der Waals surface area contributed by atoms with Gasteiger partial charge in [-0.05, 0) is 18.4 Å². The van der Waals surface area contributed by atoms with Gasteiger partial charge >= 0.3 is 0 Å². The summed E-state index contributed by atoms with van der Waals surface area (Å²) >= 11 is 0. The van der Waals surface area contributed by atoms with Crippen molar-refractivity contribution < 1.29 is 4.74 Å². The molecule has 0 bridgehead atoms. The second-order valence-electron chi connectivity index (χ2n) is 3.69. The van der Waals surface area contributed by atoms with Crippen molar-refractivity contribution in [1.82, 2.24) is 0 Å². The first-order valence-corrected chi connectivity index (χ1v) is 4.26. The quantitative estimate of drug-likeness (QED) is 0.557. The van der Waals surface area contributed by atoms with Crippen molar-refractivity contribution >= 4 is 0 Å². The topological polar surface area (TPSA) is 9.23 Å². The Labute approximate surface area is 67.7 Å². The Hall–Kier alpha value is -0.560. The Morgan fingerprint density at radius 2 is 2.18 bits per heavy atom. The molecule has 1 heteroatoms. The van der Waals surface area contributed by atoms with Crippen molar-refractivity contribution in [2.75, 3.05) is 13.2 Å². The van der Waals surface area contributed by atoms with Gasteiger partial charge in [-0.25, -0.2) is 0 Å². The van der Waals surface area contributed by atoms with E-state index >= 15 is 0 Å². The average molecular weight is 150 g/mol. The molecule has 0 N–H and O–H groups in total. The standard InChI is InChI=1S/C10H14O/c1-10(7-11-8-10)9-5-3-2-4-6-9/h3,5-6H,2,4,7-8H2,1H3. The molecule has 0 radical (unpaired) electrons. The molecule has 1 heterocycles. The highest BCUT2D eigenvalue weighted by atomic mass is 16.5. The van der Waals surface area contributed by atoms with Crippen LogP contribution in [0.3, 0.4) is 0 Å². The van der Waals surface area contributed by atoms with Crippen LogP contribution < -0.4 is 0 Å². The first-order valence-electron chi connectivity index (χ1n) is 4.26. The molecule has 11 heavy (non-hydrogen) atoms. The number of hydrogen-bond acceptors (Lipinski definition) is 1.